The number of hydrogen-bond acceptors (Lipinski definition) is 8. The molecule has 3 aliphatic rings. The van der Waals surface area contributed by atoms with Crippen molar-refractivity contribution in [3.8, 4) is 18.9 Å². The van der Waals surface area contributed by atoms with Crippen LogP contribution in [0.25, 0.3) is 0 Å². The molecule has 0 radical (unpaired) electrons. The Morgan fingerprint density at radius 1 is 1.20 bits per heavy atom. The Bertz CT molecular complexity index is 741. The molecule has 2 fully saturated rings. The van der Waals surface area contributed by atoms with Gasteiger partial charge in [-0.15, -0.1) is 12.8 Å². The first-order valence-electron chi connectivity index (χ1n) is 13.9. The third kappa shape index (κ3) is 21.2. The fourth-order valence-corrected chi connectivity index (χ4v) is 4.04. The average molecular weight is 569 g/mol. The number of carbonyl (C=O) groups excluding carboxylic acids is 2. The van der Waals surface area contributed by atoms with Crippen LogP contribution in [0.4, 0.5) is 9.32 Å². The molecule has 2 heterocycles. The molecule has 0 aromatic carbocycles. The van der Waals surface area contributed by atoms with Gasteiger partial charge in [-0.05, 0) is 59.3 Å². The highest BCUT2D eigenvalue weighted by atomic mass is 19.3. The van der Waals surface area contributed by atoms with Crippen molar-refractivity contribution in [2.75, 3.05) is 39.4 Å². The molecule has 0 aromatic heterocycles. The molecule has 1 aliphatic carbocycles. The van der Waals surface area contributed by atoms with Gasteiger partial charge in [-0.1, -0.05) is 31.4 Å². The van der Waals surface area contributed by atoms with Gasteiger partial charge in [-0.2, -0.15) is 5.26 Å². The standard InChI is InChI=1S/C8H13BFNO4.C8H17NO.C7H13NO.C3H5N.C2H2/c10-15-8(12)11-7(9(13)14)5-6-3-1-2-4-6;1-8(2,3)9-4-6-10-7-5-9;9-7-8-5-3-1-2-4-6-8;1-2-3-4;1-2/h3,7,13-14H,1-2,4-5H2,(H,11,12);4-7H2,1-3H3;7H,1-6H2;2H2,1H3;1-2H. The van der Waals surface area contributed by atoms with Crippen LogP contribution in [0.3, 0.4) is 0 Å². The van der Waals surface area contributed by atoms with Gasteiger partial charge in [0, 0.05) is 42.7 Å². The SMILES string of the molecule is C#C.CC(C)(C)N1CCOCC1.CCC#N.O=C(NC(CC1=CCCC1)B(O)O)OF.O=CN1CCCCCC1. The molecule has 228 valence electrons. The van der Waals surface area contributed by atoms with Gasteiger partial charge < -0.3 is 25.0 Å². The molecule has 2 saturated heterocycles. The predicted molar refractivity (Wildman–Crippen MR) is 155 cm³/mol. The van der Waals surface area contributed by atoms with Crippen molar-refractivity contribution >= 4 is 19.6 Å². The highest BCUT2D eigenvalue weighted by Gasteiger charge is 2.27. The second-order valence-corrected chi connectivity index (χ2v) is 10.3. The molecule has 1 unspecified atom stereocenters. The Morgan fingerprint density at radius 2 is 1.75 bits per heavy atom. The van der Waals surface area contributed by atoms with Crippen LogP contribution in [0, 0.1) is 24.2 Å². The van der Waals surface area contributed by atoms with Gasteiger partial charge in [0.15, 0.2) is 0 Å². The van der Waals surface area contributed by atoms with Gasteiger partial charge >= 0.3 is 13.2 Å². The van der Waals surface area contributed by atoms with E-state index in [-0.39, 0.29) is 0 Å². The van der Waals surface area contributed by atoms with E-state index in [1.54, 1.807) is 0 Å². The number of terminal acetylenes is 1. The van der Waals surface area contributed by atoms with E-state index in [2.05, 4.69) is 43.5 Å². The third-order valence-corrected chi connectivity index (χ3v) is 6.26. The van der Waals surface area contributed by atoms with Crippen molar-refractivity contribution in [1.29, 1.82) is 5.26 Å². The van der Waals surface area contributed by atoms with E-state index in [0.29, 0.717) is 18.4 Å². The molecule has 0 spiro atoms. The number of rotatable bonds is 5. The van der Waals surface area contributed by atoms with E-state index in [1.165, 1.54) is 25.7 Å². The van der Waals surface area contributed by atoms with E-state index in [4.69, 9.17) is 20.0 Å². The Hall–Kier alpha value is -2.64. The van der Waals surface area contributed by atoms with Crippen LogP contribution in [0.5, 0.6) is 0 Å². The fraction of sp³-hybridized carbons (Fsp3) is 0.750. The normalized spacial score (nSPS) is 17.4. The van der Waals surface area contributed by atoms with Crippen LogP contribution in [-0.4, -0.2) is 90.3 Å². The minimum atomic E-state index is -1.73. The maximum absolute atomic E-state index is 11.4. The smallest absolute Gasteiger partial charge is 0.426 e. The zero-order chi connectivity index (χ0) is 30.8. The molecule has 2 amide bonds. The van der Waals surface area contributed by atoms with Gasteiger partial charge in [0.1, 0.15) is 0 Å². The number of halogens is 1. The minimum absolute atomic E-state index is 0.298. The first kappa shape index (κ1) is 39.5. The molecule has 12 heteroatoms. The van der Waals surface area contributed by atoms with Crippen LogP contribution >= 0.6 is 0 Å². The summed E-state index contributed by atoms with van der Waals surface area (Å²) in [6.45, 7) is 14.5. The molecule has 10 nitrogen and oxygen atoms in total. The Morgan fingerprint density at radius 3 is 2.10 bits per heavy atom. The van der Waals surface area contributed by atoms with Crippen molar-refractivity contribution in [2.24, 2.45) is 0 Å². The van der Waals surface area contributed by atoms with Crippen LogP contribution in [0.1, 0.15) is 85.5 Å². The van der Waals surface area contributed by atoms with E-state index < -0.39 is 19.2 Å². The highest BCUT2D eigenvalue weighted by Crippen LogP contribution is 2.22. The van der Waals surface area contributed by atoms with Gasteiger partial charge in [0.05, 0.1) is 25.2 Å². The van der Waals surface area contributed by atoms with Crippen molar-refractivity contribution in [1.82, 2.24) is 15.1 Å². The van der Waals surface area contributed by atoms with Crippen molar-refractivity contribution in [3.63, 3.8) is 0 Å². The zero-order valence-corrected chi connectivity index (χ0v) is 24.8. The number of likely N-dealkylation sites (tertiary alicyclic amines) is 1. The lowest BCUT2D eigenvalue weighted by molar-refractivity contribution is -0.118. The number of nitrogens with zero attached hydrogens (tertiary/aromatic N) is 3. The topological polar surface area (TPSA) is 135 Å². The lowest BCUT2D eigenvalue weighted by atomic mass is 9.76. The zero-order valence-electron chi connectivity index (χ0n) is 24.8. The minimum Gasteiger partial charge on any atom is -0.426 e. The van der Waals surface area contributed by atoms with Gasteiger partial charge in [-0.3, -0.25) is 9.69 Å². The van der Waals surface area contributed by atoms with E-state index in [9.17, 15) is 14.1 Å². The lowest BCUT2D eigenvalue weighted by Gasteiger charge is -2.38. The summed E-state index contributed by atoms with van der Waals surface area (Å²) < 4.78 is 16.7. The van der Waals surface area contributed by atoms with Crippen molar-refractivity contribution in [2.45, 2.75) is 97.0 Å². The van der Waals surface area contributed by atoms with Crippen LogP contribution in [0.2, 0.25) is 0 Å². The van der Waals surface area contributed by atoms with Crippen LogP contribution in [-0.2, 0) is 14.5 Å². The van der Waals surface area contributed by atoms with E-state index >= 15 is 0 Å². The number of allylic oxidation sites excluding steroid dienone is 1. The molecule has 0 aromatic rings. The Balaban J connectivity index is 0. The molecular weight excluding hydrogens is 518 g/mol. The quantitative estimate of drug-likeness (QED) is 0.197. The highest BCUT2D eigenvalue weighted by molar-refractivity contribution is 6.43. The Kier molecular flexibility index (Phi) is 25.0. The van der Waals surface area contributed by atoms with Gasteiger partial charge in [0.25, 0.3) is 0 Å². The number of nitrogens with one attached hydrogen (secondary N) is 1. The van der Waals surface area contributed by atoms with Crippen molar-refractivity contribution < 1.29 is 33.8 Å². The largest absolute Gasteiger partial charge is 0.475 e. The average Bonchev–Trinajstić information content (AvgIpc) is 3.34. The number of amides is 2. The van der Waals surface area contributed by atoms with Crippen molar-refractivity contribution in [3.05, 3.63) is 11.6 Å². The summed E-state index contributed by atoms with van der Waals surface area (Å²) in [5.74, 6) is -0.933. The molecule has 0 bridgehead atoms. The summed E-state index contributed by atoms with van der Waals surface area (Å²) in [6.07, 6.45) is 18.4. The maximum atomic E-state index is 11.4. The number of carbonyl (C=O) groups is 2. The number of nitriles is 1. The first-order chi connectivity index (χ1) is 19.1. The molecule has 3 rings (SSSR count). The molecule has 3 N–H and O–H groups in total. The summed E-state index contributed by atoms with van der Waals surface area (Å²) in [5.41, 5.74) is 1.36. The first-order valence-corrected chi connectivity index (χ1v) is 13.9. The summed E-state index contributed by atoms with van der Waals surface area (Å²) in [6, 6.07) is 1.93. The predicted octanol–water partition coefficient (Wildman–Crippen LogP) is 3.78. The second-order valence-electron chi connectivity index (χ2n) is 10.3. The third-order valence-electron chi connectivity index (χ3n) is 6.26. The summed E-state index contributed by atoms with van der Waals surface area (Å²) >= 11 is 0. The van der Waals surface area contributed by atoms with Crippen LogP contribution in [0.15, 0.2) is 11.6 Å². The van der Waals surface area contributed by atoms with Crippen LogP contribution < -0.4 is 5.32 Å². The molecule has 2 aliphatic heterocycles. The van der Waals surface area contributed by atoms with E-state index in [1.807, 2.05) is 29.3 Å². The molecule has 40 heavy (non-hydrogen) atoms. The molecular formula is C28H50BFN4O6. The monoisotopic (exact) mass is 568 g/mol. The fourth-order valence-electron chi connectivity index (χ4n) is 4.04. The summed E-state index contributed by atoms with van der Waals surface area (Å²) in [7, 11) is -1.73. The maximum Gasteiger partial charge on any atom is 0.475 e. The Labute approximate surface area is 240 Å². The number of morpholine rings is 1. The molecule has 0 saturated carbocycles. The summed E-state index contributed by atoms with van der Waals surface area (Å²) in [5, 5.41) is 27.5. The summed E-state index contributed by atoms with van der Waals surface area (Å²) in [4.78, 5) is 28.0. The van der Waals surface area contributed by atoms with Gasteiger partial charge in [-0.25, -0.2) is 9.74 Å². The lowest BCUT2D eigenvalue weighted by Crippen LogP contribution is -2.47. The van der Waals surface area contributed by atoms with E-state index in [0.717, 1.165) is 70.6 Å². The molecule has 1 atom stereocenters. The van der Waals surface area contributed by atoms with Gasteiger partial charge in [0.2, 0.25) is 6.41 Å². The number of ether oxygens (including phenoxy) is 1. The number of hydrogen-bond donors (Lipinski definition) is 3. The second kappa shape index (κ2) is 25.3.